The molecule has 3 aromatic carbocycles. The Hall–Kier alpha value is -5.28. The first-order chi connectivity index (χ1) is 26.8. The molecule has 2 bridgehead atoms. The van der Waals surface area contributed by atoms with Crippen molar-refractivity contribution in [2.75, 3.05) is 27.6 Å². The number of aryl methyl sites for hydroxylation is 2. The normalized spacial score (nSPS) is 22.8. The van der Waals surface area contributed by atoms with Crippen LogP contribution in [0, 0.1) is 25.2 Å². The zero-order valence-electron chi connectivity index (χ0n) is 30.9. The SMILES string of the molecule is COc1c(C)cc2c(c1O)[C@@H]1C3Cc4c(OC(=O)C(F)(F)C(F)(F)C(F)(F)F)c(C)c5c(c4[C@H](COC(=O)CCc4ccccc4)N3[C@@H](C#N)[C@H](C2)N1C)OCO5. The number of benzene rings is 3. The van der Waals surface area contributed by atoms with Crippen LogP contribution >= 0.6 is 0 Å². The van der Waals surface area contributed by atoms with Gasteiger partial charge < -0.3 is 28.8 Å². The van der Waals surface area contributed by atoms with Crippen molar-refractivity contribution < 1.29 is 69.1 Å². The first-order valence-electron chi connectivity index (χ1n) is 17.8. The van der Waals surface area contributed by atoms with E-state index in [4.69, 9.17) is 23.7 Å². The number of esters is 2. The van der Waals surface area contributed by atoms with E-state index in [2.05, 4.69) is 6.07 Å². The van der Waals surface area contributed by atoms with E-state index in [-0.39, 0.29) is 59.0 Å². The summed E-state index contributed by atoms with van der Waals surface area (Å²) < 4.78 is 125. The number of carbonyl (C=O) groups is 2. The van der Waals surface area contributed by atoms with Gasteiger partial charge in [-0.1, -0.05) is 36.4 Å². The minimum Gasteiger partial charge on any atom is -0.504 e. The molecule has 18 heteroatoms. The first kappa shape index (κ1) is 39.9. The number of phenols is 1. The maximum absolute atomic E-state index is 14.8. The van der Waals surface area contributed by atoms with E-state index >= 15 is 0 Å². The Kier molecular flexibility index (Phi) is 10.0. The third-order valence-corrected chi connectivity index (χ3v) is 11.3. The number of piperazine rings is 1. The quantitative estimate of drug-likeness (QED) is 0.146. The van der Waals surface area contributed by atoms with Crippen LogP contribution in [0.5, 0.6) is 28.7 Å². The molecule has 1 fully saturated rings. The lowest BCUT2D eigenvalue weighted by Gasteiger charge is -2.59. The molecule has 0 spiro atoms. The molecule has 57 heavy (non-hydrogen) atoms. The number of hydrogen-bond donors (Lipinski definition) is 1. The number of fused-ring (bicyclic) bond motifs is 9. The summed E-state index contributed by atoms with van der Waals surface area (Å²) >= 11 is 0. The molecule has 304 valence electrons. The molecule has 0 amide bonds. The van der Waals surface area contributed by atoms with Gasteiger partial charge in [0.1, 0.15) is 18.4 Å². The lowest BCUT2D eigenvalue weighted by atomic mass is 9.71. The number of aromatic hydroxyl groups is 1. The fraction of sp³-hybridized carbons (Fsp3) is 0.462. The largest absolute Gasteiger partial charge is 0.504 e. The van der Waals surface area contributed by atoms with E-state index in [1.54, 1.807) is 31.0 Å². The Morgan fingerprint density at radius 1 is 0.982 bits per heavy atom. The van der Waals surface area contributed by atoms with E-state index in [1.807, 2.05) is 29.2 Å². The van der Waals surface area contributed by atoms with Gasteiger partial charge in [-0.2, -0.15) is 36.0 Å². The average molecular weight is 808 g/mol. The Balaban J connectivity index is 1.39. The maximum Gasteiger partial charge on any atom is 0.460 e. The molecule has 11 nitrogen and oxygen atoms in total. The number of alkyl halides is 7. The van der Waals surface area contributed by atoms with Gasteiger partial charge in [-0.05, 0) is 56.8 Å². The summed E-state index contributed by atoms with van der Waals surface area (Å²) in [6.07, 6.45) is -6.62. The summed E-state index contributed by atoms with van der Waals surface area (Å²) in [5, 5.41) is 22.5. The van der Waals surface area contributed by atoms with Crippen molar-refractivity contribution >= 4 is 11.9 Å². The molecule has 5 atom stereocenters. The number of rotatable bonds is 9. The van der Waals surface area contributed by atoms with Gasteiger partial charge in [-0.15, -0.1) is 0 Å². The van der Waals surface area contributed by atoms with E-state index in [0.717, 1.165) is 5.56 Å². The second-order valence-electron chi connectivity index (χ2n) is 14.5. The van der Waals surface area contributed by atoms with Crippen LogP contribution in [0.1, 0.15) is 57.4 Å². The second-order valence-corrected chi connectivity index (χ2v) is 14.5. The number of phenolic OH excluding ortho intramolecular Hbond substituents is 1. The monoisotopic (exact) mass is 807 g/mol. The van der Waals surface area contributed by atoms with Crippen molar-refractivity contribution in [2.45, 2.75) is 87.8 Å². The van der Waals surface area contributed by atoms with Crippen molar-refractivity contribution in [1.29, 1.82) is 5.26 Å². The molecular formula is C39H36F7N3O8. The van der Waals surface area contributed by atoms with Crippen LogP contribution in [0.15, 0.2) is 36.4 Å². The number of methoxy groups -OCH3 is 1. The molecule has 0 aliphatic carbocycles. The van der Waals surface area contributed by atoms with Gasteiger partial charge in [-0.3, -0.25) is 14.6 Å². The lowest BCUT2D eigenvalue weighted by Crippen LogP contribution is -2.68. The number of likely N-dealkylation sites (N-methyl/N-ethyl adjacent to an activating group) is 1. The van der Waals surface area contributed by atoms with Crippen LogP contribution in [0.2, 0.25) is 0 Å². The molecule has 3 aromatic rings. The molecule has 7 rings (SSSR count). The summed E-state index contributed by atoms with van der Waals surface area (Å²) in [7, 11) is 3.08. The standard InChI is InChI=1S/C39H36F7N3O8/c1-18-12-21-13-23-25(15-47)49-24(30(48(23)3)28(21)31(51)32(18)53-4)14-22-29(26(49)16-54-27(50)11-10-20-8-6-5-7-9-20)35-34(55-17-56-35)19(2)33(22)57-36(52)37(40,41)38(42,43)39(44,45)46/h5-9,12,23-26,30,51H,10-11,13-14,16-17H2,1-4H3/t23-,24?,25-,26-,30-/m0/s1. The fourth-order valence-corrected chi connectivity index (χ4v) is 8.73. The third kappa shape index (κ3) is 6.26. The molecule has 4 heterocycles. The van der Waals surface area contributed by atoms with Gasteiger partial charge in [-0.25, -0.2) is 4.79 Å². The number of nitrogens with zero attached hydrogens (tertiary/aromatic N) is 3. The molecule has 1 saturated heterocycles. The number of ether oxygens (including phenoxy) is 5. The zero-order chi connectivity index (χ0) is 41.4. The Morgan fingerprint density at radius 3 is 2.32 bits per heavy atom. The van der Waals surface area contributed by atoms with E-state index in [0.29, 0.717) is 23.1 Å². The highest BCUT2D eigenvalue weighted by Gasteiger charge is 2.77. The molecule has 4 aliphatic heterocycles. The fourth-order valence-electron chi connectivity index (χ4n) is 8.73. The predicted octanol–water partition coefficient (Wildman–Crippen LogP) is 6.43. The molecular weight excluding hydrogens is 771 g/mol. The smallest absolute Gasteiger partial charge is 0.460 e. The molecule has 1 unspecified atom stereocenters. The minimum atomic E-state index is -6.82. The number of carbonyl (C=O) groups excluding carboxylic acids is 2. The average Bonchev–Trinajstić information content (AvgIpc) is 3.65. The summed E-state index contributed by atoms with van der Waals surface area (Å²) in [5.74, 6) is -18.1. The minimum absolute atomic E-state index is 0.0141. The number of nitriles is 1. The second kappa shape index (κ2) is 14.3. The summed E-state index contributed by atoms with van der Waals surface area (Å²) in [6, 6.07) is 8.76. The highest BCUT2D eigenvalue weighted by molar-refractivity contribution is 5.83. The Morgan fingerprint density at radius 2 is 1.67 bits per heavy atom. The van der Waals surface area contributed by atoms with Crippen LogP contribution in [-0.2, 0) is 33.6 Å². The third-order valence-electron chi connectivity index (χ3n) is 11.3. The van der Waals surface area contributed by atoms with Gasteiger partial charge in [0.25, 0.3) is 0 Å². The van der Waals surface area contributed by atoms with Crippen molar-refractivity contribution in [2.24, 2.45) is 0 Å². The molecule has 0 saturated carbocycles. The number of halogens is 7. The Labute approximate surface area is 321 Å². The summed E-state index contributed by atoms with van der Waals surface area (Å²) in [6.45, 7) is 2.00. The maximum atomic E-state index is 14.8. The summed E-state index contributed by atoms with van der Waals surface area (Å²) in [5.41, 5.74) is 2.20. The van der Waals surface area contributed by atoms with Gasteiger partial charge in [0.2, 0.25) is 6.79 Å². The topological polar surface area (TPSA) is 131 Å². The molecule has 0 radical (unpaired) electrons. The van der Waals surface area contributed by atoms with Crippen molar-refractivity contribution in [3.63, 3.8) is 0 Å². The van der Waals surface area contributed by atoms with Gasteiger partial charge in [0.05, 0.1) is 25.3 Å². The highest BCUT2D eigenvalue weighted by Crippen LogP contribution is 2.59. The predicted molar refractivity (Wildman–Crippen MR) is 183 cm³/mol. The Bertz CT molecular complexity index is 2160. The first-order valence-corrected chi connectivity index (χ1v) is 17.8. The molecule has 1 N–H and O–H groups in total. The van der Waals surface area contributed by atoms with Crippen molar-refractivity contribution in [3.05, 3.63) is 75.3 Å². The number of hydrogen-bond acceptors (Lipinski definition) is 11. The van der Waals surface area contributed by atoms with Crippen LogP contribution in [0.4, 0.5) is 30.7 Å². The summed E-state index contributed by atoms with van der Waals surface area (Å²) in [4.78, 5) is 29.8. The van der Waals surface area contributed by atoms with Crippen molar-refractivity contribution in [1.82, 2.24) is 9.80 Å². The zero-order valence-corrected chi connectivity index (χ0v) is 30.9. The van der Waals surface area contributed by atoms with Crippen LogP contribution < -0.4 is 18.9 Å². The lowest BCUT2D eigenvalue weighted by molar-refractivity contribution is -0.346. The van der Waals surface area contributed by atoms with E-state index in [9.17, 15) is 50.7 Å². The van der Waals surface area contributed by atoms with E-state index < -0.39 is 79.3 Å². The van der Waals surface area contributed by atoms with Crippen LogP contribution in [-0.4, -0.2) is 90.5 Å². The van der Waals surface area contributed by atoms with Gasteiger partial charge in [0, 0.05) is 40.8 Å². The van der Waals surface area contributed by atoms with Crippen LogP contribution in [0.25, 0.3) is 0 Å². The van der Waals surface area contributed by atoms with Gasteiger partial charge >= 0.3 is 30.0 Å². The molecule has 4 aliphatic rings. The van der Waals surface area contributed by atoms with Crippen LogP contribution in [0.3, 0.4) is 0 Å². The van der Waals surface area contributed by atoms with E-state index in [1.165, 1.54) is 14.0 Å². The highest BCUT2D eigenvalue weighted by atomic mass is 19.4. The van der Waals surface area contributed by atoms with Gasteiger partial charge in [0.15, 0.2) is 23.0 Å². The molecule has 0 aromatic heterocycles. The van der Waals surface area contributed by atoms with Crippen molar-refractivity contribution in [3.8, 4) is 34.8 Å².